The van der Waals surface area contributed by atoms with E-state index in [1.807, 2.05) is 11.8 Å². The first kappa shape index (κ1) is 27.3. The van der Waals surface area contributed by atoms with Gasteiger partial charge in [-0.25, -0.2) is 4.79 Å². The molecule has 0 heterocycles. The molecule has 0 aliphatic heterocycles. The van der Waals surface area contributed by atoms with Crippen LogP contribution in [0.1, 0.15) is 27.1 Å². The molecular formula is C26H24N2O8. The van der Waals surface area contributed by atoms with Crippen molar-refractivity contribution in [2.75, 3.05) is 39.8 Å². The summed E-state index contributed by atoms with van der Waals surface area (Å²) in [5, 5.41) is 2.39. The van der Waals surface area contributed by atoms with Crippen molar-refractivity contribution in [2.24, 2.45) is 0 Å². The molecule has 0 aliphatic carbocycles. The molecule has 0 saturated heterocycles. The SMILES string of the molecule is C#CC(=O)Nc1cc(OC)c(OCCCN(C(=O)C#C)C(=O)c2cccc(OC)c2)cc1C(=O)OC. The van der Waals surface area contributed by atoms with Gasteiger partial charge in [-0.3, -0.25) is 19.3 Å². The van der Waals surface area contributed by atoms with Gasteiger partial charge in [-0.05, 0) is 36.5 Å². The van der Waals surface area contributed by atoms with Crippen LogP contribution in [0, 0.1) is 24.7 Å². The fourth-order valence-corrected chi connectivity index (χ4v) is 3.06. The van der Waals surface area contributed by atoms with E-state index in [-0.39, 0.29) is 47.9 Å². The lowest BCUT2D eigenvalue weighted by Crippen LogP contribution is -2.37. The highest BCUT2D eigenvalue weighted by Gasteiger charge is 2.22. The smallest absolute Gasteiger partial charge is 0.340 e. The number of esters is 1. The highest BCUT2D eigenvalue weighted by Crippen LogP contribution is 2.34. The fraction of sp³-hybridized carbons (Fsp3) is 0.231. The minimum absolute atomic E-state index is 0.0192. The van der Waals surface area contributed by atoms with Gasteiger partial charge < -0.3 is 24.3 Å². The maximum Gasteiger partial charge on any atom is 0.340 e. The number of nitrogens with one attached hydrogen (secondary N) is 1. The lowest BCUT2D eigenvalue weighted by atomic mass is 10.1. The zero-order valence-corrected chi connectivity index (χ0v) is 20.0. The van der Waals surface area contributed by atoms with Gasteiger partial charge >= 0.3 is 11.9 Å². The average Bonchev–Trinajstić information content (AvgIpc) is 2.91. The number of nitrogens with zero attached hydrogens (tertiary/aromatic N) is 1. The van der Waals surface area contributed by atoms with Gasteiger partial charge in [0.1, 0.15) is 5.75 Å². The number of terminal acetylenes is 2. The van der Waals surface area contributed by atoms with Crippen LogP contribution in [0.5, 0.6) is 17.2 Å². The van der Waals surface area contributed by atoms with Crippen molar-refractivity contribution in [3.63, 3.8) is 0 Å². The molecule has 10 nitrogen and oxygen atoms in total. The number of hydrogen-bond acceptors (Lipinski definition) is 8. The van der Waals surface area contributed by atoms with Gasteiger partial charge in [-0.2, -0.15) is 0 Å². The fourth-order valence-electron chi connectivity index (χ4n) is 3.06. The first-order valence-electron chi connectivity index (χ1n) is 10.5. The largest absolute Gasteiger partial charge is 0.497 e. The molecule has 10 heteroatoms. The van der Waals surface area contributed by atoms with Crippen molar-refractivity contribution in [1.29, 1.82) is 0 Å². The summed E-state index contributed by atoms with van der Waals surface area (Å²) in [6.07, 6.45) is 10.5. The third kappa shape index (κ3) is 6.78. The summed E-state index contributed by atoms with van der Waals surface area (Å²) in [5.41, 5.74) is 0.283. The average molecular weight is 492 g/mol. The first-order valence-corrected chi connectivity index (χ1v) is 10.5. The molecule has 186 valence electrons. The summed E-state index contributed by atoms with van der Waals surface area (Å²) < 4.78 is 20.9. The maximum absolute atomic E-state index is 12.9. The van der Waals surface area contributed by atoms with E-state index >= 15 is 0 Å². The Bertz CT molecular complexity index is 1240. The molecule has 0 atom stereocenters. The van der Waals surface area contributed by atoms with E-state index in [2.05, 4.69) is 5.32 Å². The maximum atomic E-state index is 12.9. The van der Waals surface area contributed by atoms with E-state index in [0.29, 0.717) is 5.75 Å². The zero-order chi connectivity index (χ0) is 26.7. The minimum Gasteiger partial charge on any atom is -0.497 e. The molecule has 0 fully saturated rings. The van der Waals surface area contributed by atoms with Gasteiger partial charge in [0.05, 0.1) is 39.2 Å². The van der Waals surface area contributed by atoms with Gasteiger partial charge in [0.15, 0.2) is 11.5 Å². The molecule has 1 N–H and O–H groups in total. The Labute approximate surface area is 208 Å². The number of anilines is 1. The van der Waals surface area contributed by atoms with Crippen LogP contribution in [0.25, 0.3) is 0 Å². The van der Waals surface area contributed by atoms with Crippen molar-refractivity contribution >= 4 is 29.4 Å². The van der Waals surface area contributed by atoms with E-state index in [0.717, 1.165) is 4.90 Å². The van der Waals surface area contributed by atoms with E-state index in [1.54, 1.807) is 12.1 Å². The monoisotopic (exact) mass is 492 g/mol. The summed E-state index contributed by atoms with van der Waals surface area (Å²) in [4.78, 5) is 49.9. The van der Waals surface area contributed by atoms with E-state index in [1.165, 1.54) is 45.6 Å². The van der Waals surface area contributed by atoms with Gasteiger partial charge in [0.25, 0.3) is 11.8 Å². The quantitative estimate of drug-likeness (QED) is 0.304. The van der Waals surface area contributed by atoms with Crippen molar-refractivity contribution in [3.05, 3.63) is 47.5 Å². The van der Waals surface area contributed by atoms with Crippen molar-refractivity contribution in [2.45, 2.75) is 6.42 Å². The number of imide groups is 1. The highest BCUT2D eigenvalue weighted by atomic mass is 16.5. The number of rotatable bonds is 10. The third-order valence-corrected chi connectivity index (χ3v) is 4.80. The molecule has 2 rings (SSSR count). The van der Waals surface area contributed by atoms with Gasteiger partial charge in [0.2, 0.25) is 0 Å². The number of benzene rings is 2. The molecule has 2 aromatic carbocycles. The highest BCUT2D eigenvalue weighted by molar-refractivity contribution is 6.10. The van der Waals surface area contributed by atoms with E-state index < -0.39 is 23.7 Å². The second-order valence-electron chi connectivity index (χ2n) is 6.98. The van der Waals surface area contributed by atoms with Crippen molar-refractivity contribution in [3.8, 4) is 41.9 Å². The number of carbonyl (C=O) groups is 4. The van der Waals surface area contributed by atoms with Crippen LogP contribution < -0.4 is 19.5 Å². The van der Waals surface area contributed by atoms with Gasteiger partial charge in [0, 0.05) is 24.2 Å². The molecule has 0 aromatic heterocycles. The zero-order valence-electron chi connectivity index (χ0n) is 20.0. The third-order valence-electron chi connectivity index (χ3n) is 4.80. The second kappa shape index (κ2) is 13.1. The molecular weight excluding hydrogens is 468 g/mol. The Balaban J connectivity index is 2.18. The normalized spacial score (nSPS) is 9.69. The summed E-state index contributed by atoms with van der Waals surface area (Å²) in [6, 6.07) is 9.00. The van der Waals surface area contributed by atoms with E-state index in [9.17, 15) is 19.2 Å². The number of carbonyl (C=O) groups excluding carboxylic acids is 4. The van der Waals surface area contributed by atoms with Crippen molar-refractivity contribution in [1.82, 2.24) is 4.90 Å². The van der Waals surface area contributed by atoms with Crippen LogP contribution >= 0.6 is 0 Å². The number of ether oxygens (including phenoxy) is 4. The van der Waals surface area contributed by atoms with Gasteiger partial charge in [-0.1, -0.05) is 6.07 Å². The Morgan fingerprint density at radius 1 is 0.972 bits per heavy atom. The topological polar surface area (TPSA) is 120 Å². The molecule has 36 heavy (non-hydrogen) atoms. The predicted molar refractivity (Wildman–Crippen MR) is 130 cm³/mol. The lowest BCUT2D eigenvalue weighted by molar-refractivity contribution is -0.122. The molecule has 0 spiro atoms. The van der Waals surface area contributed by atoms with E-state index in [4.69, 9.17) is 31.8 Å². The Hall–Kier alpha value is -4.96. The van der Waals surface area contributed by atoms with Crippen LogP contribution in [0.4, 0.5) is 5.69 Å². The Kier molecular flexibility index (Phi) is 9.90. The lowest BCUT2D eigenvalue weighted by Gasteiger charge is -2.19. The van der Waals surface area contributed by atoms with Crippen LogP contribution in [-0.2, 0) is 14.3 Å². The molecule has 0 aliphatic rings. The molecule has 0 saturated carbocycles. The summed E-state index contributed by atoms with van der Waals surface area (Å²) in [5.74, 6) is 1.73. The number of amides is 3. The van der Waals surface area contributed by atoms with Crippen LogP contribution in [0.15, 0.2) is 36.4 Å². The summed E-state index contributed by atoms with van der Waals surface area (Å²) >= 11 is 0. The first-order chi connectivity index (χ1) is 17.3. The van der Waals surface area contributed by atoms with Crippen molar-refractivity contribution < 1.29 is 38.1 Å². The van der Waals surface area contributed by atoms with Crippen LogP contribution in [0.3, 0.4) is 0 Å². The molecule has 3 amide bonds. The predicted octanol–water partition coefficient (Wildman–Crippen LogP) is 2.13. The Morgan fingerprint density at radius 3 is 2.33 bits per heavy atom. The molecule has 2 aromatic rings. The summed E-state index contributed by atoms with van der Waals surface area (Å²) in [7, 11) is 4.00. The van der Waals surface area contributed by atoms with Crippen LogP contribution in [-0.4, -0.2) is 63.1 Å². The Morgan fingerprint density at radius 2 is 1.72 bits per heavy atom. The molecule has 0 unspecified atom stereocenters. The summed E-state index contributed by atoms with van der Waals surface area (Å²) in [6.45, 7) is -0.0195. The minimum atomic E-state index is -0.804. The van der Waals surface area contributed by atoms with Gasteiger partial charge in [-0.15, -0.1) is 12.8 Å². The van der Waals surface area contributed by atoms with Crippen LogP contribution in [0.2, 0.25) is 0 Å². The standard InChI is InChI=1S/C26H24N2O8/c1-6-23(29)27-20-16-21(34-4)22(15-19(20)26(32)35-5)36-13-9-12-28(24(30)7-2)25(31)17-10-8-11-18(14-17)33-3/h1-2,8,10-11,14-16H,9,12-13H2,3-5H3,(H,27,29). The molecule has 0 radical (unpaired) electrons. The number of methoxy groups -OCH3 is 3. The number of hydrogen-bond donors (Lipinski definition) is 1. The second-order valence-corrected chi connectivity index (χ2v) is 6.98. The molecule has 0 bridgehead atoms.